The lowest BCUT2D eigenvalue weighted by molar-refractivity contribution is 0.633. The minimum absolute atomic E-state index is 0.848. The monoisotopic (exact) mass is 258 g/mol. The van der Waals surface area contributed by atoms with Crippen molar-refractivity contribution in [3.63, 3.8) is 0 Å². The van der Waals surface area contributed by atoms with Gasteiger partial charge < -0.3 is 8.23 Å². The Morgan fingerprint density at radius 3 is 1.86 bits per heavy atom. The van der Waals surface area contributed by atoms with Crippen molar-refractivity contribution >= 4 is 39.1 Å². The summed E-state index contributed by atoms with van der Waals surface area (Å²) in [5.74, 6) is 0. The number of hydrogen-bond acceptors (Lipinski definition) is 2. The first-order chi connectivity index (χ1) is 6.70. The third-order valence-electron chi connectivity index (χ3n) is 2.58. The summed E-state index contributed by atoms with van der Waals surface area (Å²) in [6.45, 7) is 4.53. The smallest absolute Gasteiger partial charge is 0.186 e. The van der Waals surface area contributed by atoms with Crippen LogP contribution in [0.25, 0.3) is 0 Å². The zero-order valence-electron chi connectivity index (χ0n) is 9.28. The van der Waals surface area contributed by atoms with Gasteiger partial charge >= 0.3 is 0 Å². The van der Waals surface area contributed by atoms with E-state index in [1.165, 1.54) is 5.57 Å². The molecule has 0 radical (unpaired) electrons. The van der Waals surface area contributed by atoms with Gasteiger partial charge in [-0.25, -0.2) is 0 Å². The molecule has 1 aliphatic carbocycles. The molecule has 14 heavy (non-hydrogen) atoms. The molecule has 0 amide bonds. The second-order valence-electron chi connectivity index (χ2n) is 3.38. The molecule has 0 aromatic carbocycles. The second kappa shape index (κ2) is 5.78. The quantitative estimate of drug-likeness (QED) is 0.589. The Morgan fingerprint density at radius 1 is 1.07 bits per heavy atom. The van der Waals surface area contributed by atoms with Gasteiger partial charge in [-0.15, -0.1) is 0 Å². The normalized spacial score (nSPS) is 19.1. The van der Waals surface area contributed by atoms with Crippen LogP contribution >= 0.6 is 0 Å². The van der Waals surface area contributed by atoms with Gasteiger partial charge in [0.15, 0.2) is 18.1 Å². The van der Waals surface area contributed by atoms with E-state index in [4.69, 9.17) is 8.23 Å². The minimum Gasteiger partial charge on any atom is -0.463 e. The first kappa shape index (κ1) is 12.1. The second-order valence-corrected chi connectivity index (χ2v) is 11.6. The number of allylic oxidation sites excluding steroid dienone is 5. The van der Waals surface area contributed by atoms with E-state index in [0.29, 0.717) is 0 Å². The highest BCUT2D eigenvalue weighted by atomic mass is 28.4. The van der Waals surface area contributed by atoms with E-state index in [9.17, 15) is 0 Å². The predicted molar refractivity (Wildman–Crippen MR) is 73.4 cm³/mol. The molecule has 2 nitrogen and oxygen atoms in total. The van der Waals surface area contributed by atoms with E-state index in [0.717, 1.165) is 21.0 Å². The SMILES string of the molecule is C[SiH](O[SiH3])C(=C1C=CC=C1)[SiH](C)O[SiH3]. The van der Waals surface area contributed by atoms with Gasteiger partial charge in [0, 0.05) is 0 Å². The Hall–Kier alpha value is 0.00753. The Bertz CT molecular complexity index is 259. The molecule has 1 aliphatic rings. The highest BCUT2D eigenvalue weighted by molar-refractivity contribution is 6.84. The van der Waals surface area contributed by atoms with Gasteiger partial charge in [-0.1, -0.05) is 24.3 Å². The van der Waals surface area contributed by atoms with E-state index >= 15 is 0 Å². The van der Waals surface area contributed by atoms with Crippen LogP contribution in [0.2, 0.25) is 13.1 Å². The summed E-state index contributed by atoms with van der Waals surface area (Å²) in [6, 6.07) is 0. The zero-order valence-corrected chi connectivity index (χ0v) is 15.6. The van der Waals surface area contributed by atoms with E-state index < -0.39 is 18.1 Å². The van der Waals surface area contributed by atoms with Crippen LogP contribution in [0.15, 0.2) is 34.7 Å². The molecule has 78 valence electrons. The number of hydrogen-bond donors (Lipinski definition) is 0. The zero-order chi connectivity index (χ0) is 10.6. The molecular weight excluding hydrogens is 240 g/mol. The Morgan fingerprint density at radius 2 is 1.50 bits per heavy atom. The lowest BCUT2D eigenvalue weighted by Gasteiger charge is -2.20. The van der Waals surface area contributed by atoms with Gasteiger partial charge in [-0.3, -0.25) is 0 Å². The van der Waals surface area contributed by atoms with Crippen LogP contribution in [0, 0.1) is 0 Å². The average molecular weight is 259 g/mol. The summed E-state index contributed by atoms with van der Waals surface area (Å²) < 4.78 is 11.3. The van der Waals surface area contributed by atoms with Crippen molar-refractivity contribution < 1.29 is 8.23 Å². The summed E-state index contributed by atoms with van der Waals surface area (Å²) in [5, 5.41) is 0. The topological polar surface area (TPSA) is 18.5 Å². The molecule has 2 unspecified atom stereocenters. The highest BCUT2D eigenvalue weighted by Gasteiger charge is 2.21. The van der Waals surface area contributed by atoms with Crippen LogP contribution in [-0.2, 0) is 8.23 Å². The van der Waals surface area contributed by atoms with Gasteiger partial charge in [0.25, 0.3) is 0 Å². The summed E-state index contributed by atoms with van der Waals surface area (Å²) in [7, 11) is -0.559. The Labute approximate surface area is 95.2 Å². The van der Waals surface area contributed by atoms with Crippen LogP contribution in [0.1, 0.15) is 0 Å². The van der Waals surface area contributed by atoms with Crippen LogP contribution in [-0.4, -0.2) is 39.1 Å². The van der Waals surface area contributed by atoms with E-state index in [1.54, 1.807) is 4.82 Å². The minimum atomic E-state index is -1.13. The Balaban J connectivity index is 2.98. The highest BCUT2D eigenvalue weighted by Crippen LogP contribution is 2.19. The first-order valence-electron chi connectivity index (χ1n) is 4.85. The van der Waals surface area contributed by atoms with Crippen LogP contribution in [0.3, 0.4) is 0 Å². The third-order valence-corrected chi connectivity index (χ3v) is 13.5. The molecule has 0 N–H and O–H groups in total. The van der Waals surface area contributed by atoms with Crippen molar-refractivity contribution in [3.8, 4) is 0 Å². The fraction of sp³-hybridized carbons (Fsp3) is 0.250. The van der Waals surface area contributed by atoms with Crippen molar-refractivity contribution in [2.45, 2.75) is 13.1 Å². The summed E-state index contributed by atoms with van der Waals surface area (Å²) in [6.07, 6.45) is 8.56. The maximum atomic E-state index is 5.67. The predicted octanol–water partition coefficient (Wildman–Crippen LogP) is -1.21. The third kappa shape index (κ3) is 2.75. The van der Waals surface area contributed by atoms with Gasteiger partial charge in [-0.2, -0.15) is 0 Å². The van der Waals surface area contributed by atoms with E-state index in [1.807, 2.05) is 0 Å². The van der Waals surface area contributed by atoms with Gasteiger partial charge in [0.1, 0.15) is 21.0 Å². The molecule has 2 atom stereocenters. The Kier molecular flexibility index (Phi) is 4.99. The molecule has 0 spiro atoms. The summed E-state index contributed by atoms with van der Waals surface area (Å²) >= 11 is 0. The van der Waals surface area contributed by atoms with Crippen molar-refractivity contribution in [2.24, 2.45) is 0 Å². The molecule has 0 saturated heterocycles. The summed E-state index contributed by atoms with van der Waals surface area (Å²) in [4.78, 5) is 1.54. The van der Waals surface area contributed by atoms with Crippen molar-refractivity contribution in [1.82, 2.24) is 0 Å². The van der Waals surface area contributed by atoms with Gasteiger partial charge in [0.05, 0.1) is 0 Å². The maximum Gasteiger partial charge on any atom is 0.186 e. The number of rotatable bonds is 4. The van der Waals surface area contributed by atoms with Crippen molar-refractivity contribution in [1.29, 1.82) is 0 Å². The fourth-order valence-corrected chi connectivity index (χ4v) is 10.1. The molecule has 0 heterocycles. The van der Waals surface area contributed by atoms with E-state index in [2.05, 4.69) is 37.4 Å². The molecule has 0 saturated carbocycles. The molecule has 0 aromatic heterocycles. The molecule has 6 heteroatoms. The van der Waals surface area contributed by atoms with Crippen LogP contribution < -0.4 is 0 Å². The molecule has 1 rings (SSSR count). The van der Waals surface area contributed by atoms with Crippen molar-refractivity contribution in [2.75, 3.05) is 0 Å². The molecule has 0 bridgehead atoms. The molecule has 0 fully saturated rings. The fourth-order valence-electron chi connectivity index (χ4n) is 1.62. The van der Waals surface area contributed by atoms with Crippen molar-refractivity contribution in [3.05, 3.63) is 34.7 Å². The largest absolute Gasteiger partial charge is 0.463 e. The van der Waals surface area contributed by atoms with Crippen LogP contribution in [0.5, 0.6) is 0 Å². The first-order valence-corrected chi connectivity index (χ1v) is 10.9. The van der Waals surface area contributed by atoms with Gasteiger partial charge in [-0.05, 0) is 23.5 Å². The molecular formula is C8H18O2Si4. The average Bonchev–Trinajstić information content (AvgIpc) is 2.70. The van der Waals surface area contributed by atoms with E-state index in [-0.39, 0.29) is 0 Å². The lowest BCUT2D eigenvalue weighted by Crippen LogP contribution is -2.30. The standard InChI is InChI=1S/C8H18O2Si4/c1-13(9-11)8(14(2)10-12)7-5-3-4-6-7/h3-6,13-14H,1-2,11-12H3. The van der Waals surface area contributed by atoms with Crippen LogP contribution in [0.4, 0.5) is 0 Å². The molecule has 0 aromatic rings. The van der Waals surface area contributed by atoms with Gasteiger partial charge in [0.2, 0.25) is 0 Å². The lowest BCUT2D eigenvalue weighted by atomic mass is 10.3. The molecule has 0 aliphatic heterocycles. The summed E-state index contributed by atoms with van der Waals surface area (Å²) in [5.41, 5.74) is 1.37. The maximum absolute atomic E-state index is 5.67.